The zero-order chi connectivity index (χ0) is 17.3. The van der Waals surface area contributed by atoms with Crippen molar-refractivity contribution in [2.24, 2.45) is 18.5 Å². The van der Waals surface area contributed by atoms with E-state index in [1.54, 1.807) is 17.1 Å². The smallest absolute Gasteiger partial charge is 0.269 e. The minimum atomic E-state index is -0.573. The van der Waals surface area contributed by atoms with Crippen molar-refractivity contribution in [3.05, 3.63) is 30.4 Å². The van der Waals surface area contributed by atoms with Gasteiger partial charge in [-0.2, -0.15) is 5.10 Å². The first-order valence-corrected chi connectivity index (χ1v) is 8.03. The third-order valence-electron chi connectivity index (χ3n) is 4.47. The van der Waals surface area contributed by atoms with Crippen LogP contribution in [0.25, 0.3) is 0 Å². The normalized spacial score (nSPS) is 20.9. The highest BCUT2D eigenvalue weighted by atomic mass is 16.1. The SMILES string of the molecule is C[C@@H]1[C@H](N)CCCN1c1cnc(C(N)=O)c(Nc2cnn(C)c2)c1. The summed E-state index contributed by atoms with van der Waals surface area (Å²) in [4.78, 5) is 18.2. The van der Waals surface area contributed by atoms with Gasteiger partial charge in [-0.15, -0.1) is 0 Å². The van der Waals surface area contributed by atoms with E-state index in [0.717, 1.165) is 30.8 Å². The van der Waals surface area contributed by atoms with Crippen LogP contribution in [0.3, 0.4) is 0 Å². The van der Waals surface area contributed by atoms with E-state index in [2.05, 4.69) is 27.2 Å². The van der Waals surface area contributed by atoms with Crippen LogP contribution in [-0.2, 0) is 7.05 Å². The summed E-state index contributed by atoms with van der Waals surface area (Å²) in [6, 6.07) is 2.24. The lowest BCUT2D eigenvalue weighted by Gasteiger charge is -2.39. The zero-order valence-corrected chi connectivity index (χ0v) is 13.9. The van der Waals surface area contributed by atoms with Gasteiger partial charge in [0.1, 0.15) is 0 Å². The number of carbonyl (C=O) groups is 1. The van der Waals surface area contributed by atoms with Crippen molar-refractivity contribution in [1.82, 2.24) is 14.8 Å². The average Bonchev–Trinajstić information content (AvgIpc) is 2.95. The molecular formula is C16H23N7O. The molecule has 1 aliphatic rings. The Morgan fingerprint density at radius 2 is 2.21 bits per heavy atom. The van der Waals surface area contributed by atoms with Crippen LogP contribution in [0.15, 0.2) is 24.7 Å². The molecule has 128 valence electrons. The molecule has 0 unspecified atom stereocenters. The highest BCUT2D eigenvalue weighted by Crippen LogP contribution is 2.28. The molecule has 2 aromatic rings. The molecule has 24 heavy (non-hydrogen) atoms. The molecule has 1 fully saturated rings. The summed E-state index contributed by atoms with van der Waals surface area (Å²) in [6.07, 6.45) is 7.23. The van der Waals surface area contributed by atoms with Gasteiger partial charge in [0.25, 0.3) is 5.91 Å². The number of amides is 1. The van der Waals surface area contributed by atoms with Crippen molar-refractivity contribution in [2.75, 3.05) is 16.8 Å². The maximum atomic E-state index is 11.7. The second-order valence-corrected chi connectivity index (χ2v) is 6.22. The van der Waals surface area contributed by atoms with E-state index in [9.17, 15) is 4.79 Å². The Morgan fingerprint density at radius 1 is 1.42 bits per heavy atom. The number of rotatable bonds is 4. The highest BCUT2D eigenvalue weighted by Gasteiger charge is 2.26. The minimum absolute atomic E-state index is 0.129. The predicted molar refractivity (Wildman–Crippen MR) is 93.3 cm³/mol. The Balaban J connectivity index is 1.94. The molecule has 1 aliphatic heterocycles. The van der Waals surface area contributed by atoms with Gasteiger partial charge in [-0.1, -0.05) is 0 Å². The number of aryl methyl sites for hydroxylation is 1. The molecule has 0 aliphatic carbocycles. The number of anilines is 3. The Kier molecular flexibility index (Phi) is 4.39. The van der Waals surface area contributed by atoms with E-state index in [-0.39, 0.29) is 17.8 Å². The van der Waals surface area contributed by atoms with Gasteiger partial charge in [0.15, 0.2) is 5.69 Å². The molecular weight excluding hydrogens is 306 g/mol. The number of nitrogens with one attached hydrogen (secondary N) is 1. The number of hydrogen-bond donors (Lipinski definition) is 3. The lowest BCUT2D eigenvalue weighted by atomic mass is 9.98. The van der Waals surface area contributed by atoms with Gasteiger partial charge in [-0.3, -0.25) is 9.48 Å². The summed E-state index contributed by atoms with van der Waals surface area (Å²) in [6.45, 7) is 3.03. The molecule has 0 saturated carbocycles. The summed E-state index contributed by atoms with van der Waals surface area (Å²) in [5.74, 6) is -0.573. The first-order valence-electron chi connectivity index (χ1n) is 8.03. The van der Waals surface area contributed by atoms with E-state index < -0.39 is 5.91 Å². The van der Waals surface area contributed by atoms with Gasteiger partial charge >= 0.3 is 0 Å². The lowest BCUT2D eigenvalue weighted by Crippen LogP contribution is -2.50. The number of piperidine rings is 1. The molecule has 2 atom stereocenters. The molecule has 0 aromatic carbocycles. The Labute approximate surface area is 140 Å². The largest absolute Gasteiger partial charge is 0.366 e. The minimum Gasteiger partial charge on any atom is -0.366 e. The first-order chi connectivity index (χ1) is 11.5. The summed E-state index contributed by atoms with van der Waals surface area (Å²) in [5, 5.41) is 7.29. The van der Waals surface area contributed by atoms with Crippen LogP contribution in [0, 0.1) is 0 Å². The molecule has 0 radical (unpaired) electrons. The van der Waals surface area contributed by atoms with Crippen LogP contribution in [-0.4, -0.2) is 39.3 Å². The number of pyridine rings is 1. The van der Waals surface area contributed by atoms with Gasteiger partial charge in [-0.25, -0.2) is 4.98 Å². The second kappa shape index (κ2) is 6.48. The Hall–Kier alpha value is -2.61. The molecule has 1 saturated heterocycles. The van der Waals surface area contributed by atoms with E-state index >= 15 is 0 Å². The molecule has 8 nitrogen and oxygen atoms in total. The molecule has 3 rings (SSSR count). The maximum absolute atomic E-state index is 11.7. The average molecular weight is 329 g/mol. The molecule has 5 N–H and O–H groups in total. The third kappa shape index (κ3) is 3.18. The topological polar surface area (TPSA) is 115 Å². The predicted octanol–water partition coefficient (Wildman–Crippen LogP) is 0.974. The number of hydrogen-bond acceptors (Lipinski definition) is 6. The van der Waals surface area contributed by atoms with Gasteiger partial charge in [0, 0.05) is 31.9 Å². The standard InChI is InChI=1S/C16H23N7O/c1-10-13(17)4-3-5-23(10)12-6-14(15(16(18)24)19-8-12)21-11-7-20-22(2)9-11/h6-10,13,21H,3-5,17H2,1-2H3,(H2,18,24)/t10-,13-/m1/s1. The maximum Gasteiger partial charge on any atom is 0.269 e. The molecule has 0 spiro atoms. The number of nitrogens with two attached hydrogens (primary N) is 2. The summed E-state index contributed by atoms with van der Waals surface area (Å²) < 4.78 is 1.68. The van der Waals surface area contributed by atoms with Crippen LogP contribution >= 0.6 is 0 Å². The molecule has 1 amide bonds. The number of carbonyl (C=O) groups excluding carboxylic acids is 1. The Bertz CT molecular complexity index is 742. The monoisotopic (exact) mass is 329 g/mol. The fraction of sp³-hybridized carbons (Fsp3) is 0.438. The van der Waals surface area contributed by atoms with Crippen molar-refractivity contribution >= 4 is 23.0 Å². The van der Waals surface area contributed by atoms with Crippen LogP contribution < -0.4 is 21.7 Å². The summed E-state index contributed by atoms with van der Waals surface area (Å²) >= 11 is 0. The number of primary amides is 1. The van der Waals surface area contributed by atoms with Crippen molar-refractivity contribution in [3.8, 4) is 0 Å². The van der Waals surface area contributed by atoms with Crippen molar-refractivity contribution in [3.63, 3.8) is 0 Å². The van der Waals surface area contributed by atoms with Gasteiger partial charge in [0.05, 0.1) is 29.5 Å². The number of nitrogens with zero attached hydrogens (tertiary/aromatic N) is 4. The fourth-order valence-corrected chi connectivity index (χ4v) is 3.08. The van der Waals surface area contributed by atoms with Crippen LogP contribution in [0.1, 0.15) is 30.3 Å². The zero-order valence-electron chi connectivity index (χ0n) is 13.9. The molecule has 0 bridgehead atoms. The number of aromatic nitrogens is 3. The highest BCUT2D eigenvalue weighted by molar-refractivity contribution is 5.97. The summed E-state index contributed by atoms with van der Waals surface area (Å²) in [7, 11) is 1.83. The second-order valence-electron chi connectivity index (χ2n) is 6.22. The Morgan fingerprint density at radius 3 is 2.88 bits per heavy atom. The van der Waals surface area contributed by atoms with Crippen molar-refractivity contribution < 1.29 is 4.79 Å². The van der Waals surface area contributed by atoms with Crippen LogP contribution in [0.2, 0.25) is 0 Å². The van der Waals surface area contributed by atoms with Gasteiger partial charge in [-0.05, 0) is 25.8 Å². The van der Waals surface area contributed by atoms with Crippen LogP contribution in [0.4, 0.5) is 17.1 Å². The third-order valence-corrected chi connectivity index (χ3v) is 4.47. The molecule has 2 aromatic heterocycles. The van der Waals surface area contributed by atoms with Gasteiger partial charge in [0.2, 0.25) is 0 Å². The van der Waals surface area contributed by atoms with E-state index in [1.807, 2.05) is 19.3 Å². The van der Waals surface area contributed by atoms with Crippen molar-refractivity contribution in [1.29, 1.82) is 0 Å². The molecule has 8 heteroatoms. The molecule has 3 heterocycles. The van der Waals surface area contributed by atoms with E-state index in [4.69, 9.17) is 11.5 Å². The van der Waals surface area contributed by atoms with E-state index in [1.165, 1.54) is 0 Å². The summed E-state index contributed by atoms with van der Waals surface area (Å²) in [5.41, 5.74) is 14.1. The first kappa shape index (κ1) is 16.3. The quantitative estimate of drug-likeness (QED) is 0.770. The lowest BCUT2D eigenvalue weighted by molar-refractivity contribution is 0.0996. The van der Waals surface area contributed by atoms with Gasteiger partial charge < -0.3 is 21.7 Å². The fourth-order valence-electron chi connectivity index (χ4n) is 3.08. The van der Waals surface area contributed by atoms with Crippen LogP contribution in [0.5, 0.6) is 0 Å². The van der Waals surface area contributed by atoms with Crippen molar-refractivity contribution in [2.45, 2.75) is 31.8 Å². The van der Waals surface area contributed by atoms with E-state index in [0.29, 0.717) is 5.69 Å².